The molecule has 0 N–H and O–H groups in total. The molecule has 0 radical (unpaired) electrons. The quantitative estimate of drug-likeness (QED) is 0.388. The van der Waals surface area contributed by atoms with Crippen LogP contribution in [-0.4, -0.2) is 15.2 Å². The molecule has 0 unspecified atom stereocenters. The van der Waals surface area contributed by atoms with Crippen molar-refractivity contribution in [2.75, 3.05) is 0 Å². The minimum absolute atomic E-state index is 0. The molecule has 60 valence electrons. The van der Waals surface area contributed by atoms with Crippen LogP contribution in [0.4, 0.5) is 0 Å². The van der Waals surface area contributed by atoms with Crippen LogP contribution >= 0.6 is 0 Å². The Morgan fingerprint density at radius 3 is 1.50 bits per heavy atom. The van der Waals surface area contributed by atoms with Crippen molar-refractivity contribution in [3.8, 4) is 0 Å². The first kappa shape index (κ1) is 17.2. The summed E-state index contributed by atoms with van der Waals surface area (Å²) >= 11 is 0.815. The summed E-state index contributed by atoms with van der Waals surface area (Å²) in [5.41, 5.74) is 0. The maximum atomic E-state index is 3.48. The Morgan fingerprint density at radius 1 is 1.20 bits per heavy atom. The van der Waals surface area contributed by atoms with Crippen LogP contribution < -0.4 is 24.0 Å². The molecule has 0 saturated carbocycles. The number of hydrogen-bond donors (Lipinski definition) is 0. The van der Waals surface area contributed by atoms with E-state index in [0.717, 1.165) is 21.6 Å². The molecule has 0 aliphatic carbocycles. The van der Waals surface area contributed by atoms with Crippen molar-refractivity contribution < 1.29 is 24.0 Å². The number of hydrogen-bond acceptors (Lipinski definition) is 0. The summed E-state index contributed by atoms with van der Waals surface area (Å²) in [5, 5.41) is 2.85. The van der Waals surface area contributed by atoms with Gasteiger partial charge in [0.25, 0.3) is 0 Å². The summed E-state index contributed by atoms with van der Waals surface area (Å²) < 4.78 is 0. The van der Waals surface area contributed by atoms with Crippen molar-refractivity contribution in [2.24, 2.45) is 0 Å². The summed E-state index contributed by atoms with van der Waals surface area (Å²) in [6.45, 7) is 10.0. The Bertz CT molecular complexity index is 44.5. The molecule has 0 nitrogen and oxygen atoms in total. The van der Waals surface area contributed by atoms with Crippen molar-refractivity contribution >= 4 is 15.2 Å². The van der Waals surface area contributed by atoms with Crippen LogP contribution in [0.1, 0.15) is 27.2 Å². The van der Waals surface area contributed by atoms with Gasteiger partial charge in [-0.25, -0.2) is 0 Å². The molecule has 0 aromatic heterocycles. The summed E-state index contributed by atoms with van der Waals surface area (Å²) in [5.74, 6) is 0. The summed E-state index contributed by atoms with van der Waals surface area (Å²) in [6, 6.07) is 0. The molecule has 0 aromatic carbocycles. The largest absolute Gasteiger partial charge is 1.00 e. The predicted octanol–water partition coefficient (Wildman–Crippen LogP) is 0.153. The topological polar surface area (TPSA) is 0 Å². The van der Waals surface area contributed by atoms with Crippen LogP contribution in [0.25, 0.3) is 0 Å². The van der Waals surface area contributed by atoms with E-state index in [2.05, 4.69) is 27.4 Å². The normalized spacial score (nSPS) is 5.90. The van der Waals surface area contributed by atoms with E-state index in [9.17, 15) is 0 Å². The maximum Gasteiger partial charge on any atom is -1.00 e. The van der Waals surface area contributed by atoms with E-state index >= 15 is 0 Å². The molecule has 2 heteroatoms. The second-order valence-electron chi connectivity index (χ2n) is 1.80. The summed E-state index contributed by atoms with van der Waals surface area (Å²) in [7, 11) is 0. The smallest absolute Gasteiger partial charge is 1.00 e. The molecule has 10 heavy (non-hydrogen) atoms. The minimum Gasteiger partial charge on any atom is -1.00 e. The standard InChI is InChI=1S/C4H8.2C2H5.Al.HI/c1-3-4-2;2*1-2;;/h3H,1,4H2,2H3;2*1H2,2H3;;1H/q;;;+1;/p-1. The molecule has 0 heterocycles. The fraction of sp³-hybridized carbons (Fsp3) is 0.750. The molecular weight excluding hydrogens is 250 g/mol. The number of halogens is 1. The van der Waals surface area contributed by atoms with Gasteiger partial charge in [-0.2, -0.15) is 0 Å². The van der Waals surface area contributed by atoms with Crippen molar-refractivity contribution in [1.29, 1.82) is 0 Å². The Hall–Kier alpha value is 1.00. The third kappa shape index (κ3) is 36.0. The second-order valence-corrected chi connectivity index (χ2v) is 4.01. The van der Waals surface area contributed by atoms with Crippen molar-refractivity contribution in [2.45, 2.75) is 37.8 Å². The molecule has 0 bridgehead atoms. The maximum absolute atomic E-state index is 3.48. The Labute approximate surface area is 89.2 Å². The Kier molecular flexibility index (Phi) is 38.7. The third-order valence-electron chi connectivity index (χ3n) is 0.866. The van der Waals surface area contributed by atoms with Crippen LogP contribution in [0.15, 0.2) is 12.7 Å². The van der Waals surface area contributed by atoms with E-state index in [4.69, 9.17) is 0 Å². The zero-order chi connectivity index (χ0) is 7.54. The van der Waals surface area contributed by atoms with E-state index in [1.54, 1.807) is 0 Å². The van der Waals surface area contributed by atoms with E-state index in [-0.39, 0.29) is 24.0 Å². The van der Waals surface area contributed by atoms with Crippen molar-refractivity contribution in [1.82, 2.24) is 0 Å². The number of rotatable bonds is 3. The minimum atomic E-state index is 0. The molecule has 0 aromatic rings. The molecule has 0 rings (SSSR count). The molecule has 0 atom stereocenters. The van der Waals surface area contributed by atoms with Gasteiger partial charge in [-0.1, -0.05) is 13.0 Å². The van der Waals surface area contributed by atoms with Gasteiger partial charge in [-0.15, -0.1) is 6.58 Å². The average molecular weight is 268 g/mol. The predicted molar refractivity (Wildman–Crippen MR) is 47.2 cm³/mol. The first-order chi connectivity index (χ1) is 4.33. The van der Waals surface area contributed by atoms with E-state index in [0.29, 0.717) is 0 Å². The van der Waals surface area contributed by atoms with Crippen LogP contribution in [0.3, 0.4) is 0 Å². The molecule has 0 aliphatic heterocycles. The van der Waals surface area contributed by atoms with E-state index in [1.807, 2.05) is 6.08 Å². The summed E-state index contributed by atoms with van der Waals surface area (Å²) in [6.07, 6.45) is 2.96. The molecule has 0 aliphatic rings. The van der Waals surface area contributed by atoms with Crippen LogP contribution in [-0.2, 0) is 0 Å². The van der Waals surface area contributed by atoms with Gasteiger partial charge in [0, 0.05) is 0 Å². The molecule has 0 amide bonds. The van der Waals surface area contributed by atoms with Gasteiger partial charge in [0.1, 0.15) is 0 Å². The van der Waals surface area contributed by atoms with E-state index in [1.165, 1.54) is 10.6 Å². The van der Waals surface area contributed by atoms with Gasteiger partial charge < -0.3 is 24.0 Å². The first-order valence-electron chi connectivity index (χ1n) is 3.75. The van der Waals surface area contributed by atoms with Crippen LogP contribution in [0.2, 0.25) is 10.6 Å². The van der Waals surface area contributed by atoms with Crippen molar-refractivity contribution in [3.63, 3.8) is 0 Å². The third-order valence-corrected chi connectivity index (χ3v) is 2.02. The van der Waals surface area contributed by atoms with Gasteiger partial charge in [0.2, 0.25) is 0 Å². The number of allylic oxidation sites excluding steroid dienone is 1. The van der Waals surface area contributed by atoms with Crippen LogP contribution in [0, 0.1) is 0 Å². The van der Waals surface area contributed by atoms with Crippen LogP contribution in [0.5, 0.6) is 0 Å². The SMILES string of the molecule is C=CCC.C[CH2][Al+][CH2]C.[I-]. The van der Waals surface area contributed by atoms with Crippen molar-refractivity contribution in [3.05, 3.63) is 12.7 Å². The fourth-order valence-corrected chi connectivity index (χ4v) is 0.866. The molecule has 0 fully saturated rings. The van der Waals surface area contributed by atoms with Gasteiger partial charge in [-0.3, -0.25) is 0 Å². The van der Waals surface area contributed by atoms with Gasteiger partial charge >= 0.3 is 39.6 Å². The molecule has 0 saturated heterocycles. The average Bonchev–Trinajstić information content (AvgIpc) is 1.91. The molecule has 0 spiro atoms. The van der Waals surface area contributed by atoms with E-state index < -0.39 is 0 Å². The molecular formula is C8H18AlI. The van der Waals surface area contributed by atoms with Gasteiger partial charge in [0.05, 0.1) is 0 Å². The zero-order valence-corrected chi connectivity index (χ0v) is 10.7. The summed E-state index contributed by atoms with van der Waals surface area (Å²) in [4.78, 5) is 0. The Balaban J connectivity index is -0.0000000910. The van der Waals surface area contributed by atoms with Gasteiger partial charge in [0.15, 0.2) is 0 Å². The Morgan fingerprint density at radius 2 is 1.50 bits per heavy atom. The monoisotopic (exact) mass is 268 g/mol. The van der Waals surface area contributed by atoms with Gasteiger partial charge in [-0.05, 0) is 6.42 Å². The zero-order valence-electron chi connectivity index (χ0n) is 7.36. The first-order valence-corrected chi connectivity index (χ1v) is 5.39. The fourth-order valence-electron chi connectivity index (χ4n) is 0.289. The second kappa shape index (κ2) is 22.5.